The van der Waals surface area contributed by atoms with E-state index >= 15 is 0 Å². The molecule has 0 N–H and O–H groups in total. The second-order valence-corrected chi connectivity index (χ2v) is 6.41. The second-order valence-electron chi connectivity index (χ2n) is 6.41. The van der Waals surface area contributed by atoms with Crippen molar-refractivity contribution in [3.8, 4) is 0 Å². The first-order valence-electron chi connectivity index (χ1n) is 6.34. The largest absolute Gasteiger partial charge is 0.300 e. The summed E-state index contributed by atoms with van der Waals surface area (Å²) in [5, 5.41) is 0. The molecule has 16 heavy (non-hydrogen) atoms. The quantitative estimate of drug-likeness (QED) is 0.735. The highest BCUT2D eigenvalue weighted by Crippen LogP contribution is 2.66. The molecule has 2 aliphatic carbocycles. The number of fused-ring (bicyclic) bond motifs is 2. The van der Waals surface area contributed by atoms with E-state index in [9.17, 15) is 9.59 Å². The third kappa shape index (κ3) is 1.31. The van der Waals surface area contributed by atoms with Crippen LogP contribution in [0, 0.1) is 22.7 Å². The van der Waals surface area contributed by atoms with Crippen LogP contribution >= 0.6 is 0 Å². The lowest BCUT2D eigenvalue weighted by atomic mass is 9.70. The van der Waals surface area contributed by atoms with Crippen molar-refractivity contribution >= 4 is 11.6 Å². The van der Waals surface area contributed by atoms with E-state index in [0.717, 1.165) is 19.3 Å². The first-order valence-corrected chi connectivity index (χ1v) is 6.34. The van der Waals surface area contributed by atoms with E-state index in [-0.39, 0.29) is 22.5 Å². The average molecular weight is 222 g/mol. The summed E-state index contributed by atoms with van der Waals surface area (Å²) in [6.07, 6.45) is 3.55. The van der Waals surface area contributed by atoms with Crippen molar-refractivity contribution < 1.29 is 9.59 Å². The average Bonchev–Trinajstić information content (AvgIpc) is 2.47. The minimum atomic E-state index is -0.126. The number of ketones is 2. The van der Waals surface area contributed by atoms with Gasteiger partial charge in [-0.15, -0.1) is 0 Å². The summed E-state index contributed by atoms with van der Waals surface area (Å²) in [6.45, 7) is 8.21. The molecule has 2 saturated carbocycles. The van der Waals surface area contributed by atoms with Crippen molar-refractivity contribution in [1.82, 2.24) is 0 Å². The maximum absolute atomic E-state index is 12.4. The molecule has 2 rings (SSSR count). The van der Waals surface area contributed by atoms with Crippen LogP contribution < -0.4 is 0 Å². The first kappa shape index (κ1) is 11.8. The fourth-order valence-corrected chi connectivity index (χ4v) is 3.96. The number of rotatable bonds is 3. The lowest BCUT2D eigenvalue weighted by molar-refractivity contribution is -0.132. The van der Waals surface area contributed by atoms with E-state index in [1.165, 1.54) is 0 Å². The van der Waals surface area contributed by atoms with Crippen LogP contribution in [-0.4, -0.2) is 11.6 Å². The van der Waals surface area contributed by atoms with Gasteiger partial charge in [0, 0.05) is 17.8 Å². The van der Waals surface area contributed by atoms with Gasteiger partial charge in [-0.25, -0.2) is 0 Å². The van der Waals surface area contributed by atoms with Crippen molar-refractivity contribution in [2.24, 2.45) is 22.7 Å². The van der Waals surface area contributed by atoms with Gasteiger partial charge >= 0.3 is 0 Å². The highest BCUT2D eigenvalue weighted by atomic mass is 16.1. The number of hydrogen-bond donors (Lipinski definition) is 0. The molecular formula is C14H22O2. The van der Waals surface area contributed by atoms with Crippen LogP contribution in [0.4, 0.5) is 0 Å². The van der Waals surface area contributed by atoms with E-state index in [2.05, 4.69) is 20.8 Å². The van der Waals surface area contributed by atoms with Gasteiger partial charge in [0.2, 0.25) is 0 Å². The minimum Gasteiger partial charge on any atom is -0.300 e. The summed E-state index contributed by atoms with van der Waals surface area (Å²) < 4.78 is 0. The van der Waals surface area contributed by atoms with Crippen molar-refractivity contribution in [3.05, 3.63) is 0 Å². The van der Waals surface area contributed by atoms with Gasteiger partial charge in [-0.05, 0) is 37.5 Å². The highest BCUT2D eigenvalue weighted by Gasteiger charge is 2.65. The van der Waals surface area contributed by atoms with E-state index in [0.29, 0.717) is 18.1 Å². The molecule has 0 spiro atoms. The second kappa shape index (κ2) is 3.41. The Morgan fingerprint density at radius 1 is 1.38 bits per heavy atom. The monoisotopic (exact) mass is 222 g/mol. The molecule has 0 aromatic carbocycles. The maximum Gasteiger partial charge on any atom is 0.142 e. The first-order chi connectivity index (χ1) is 7.30. The molecule has 0 amide bonds. The molecular weight excluding hydrogens is 200 g/mol. The van der Waals surface area contributed by atoms with Gasteiger partial charge < -0.3 is 4.79 Å². The minimum absolute atomic E-state index is 0.126. The molecule has 2 bridgehead atoms. The summed E-state index contributed by atoms with van der Waals surface area (Å²) >= 11 is 0. The zero-order valence-corrected chi connectivity index (χ0v) is 10.8. The van der Waals surface area contributed by atoms with E-state index in [1.54, 1.807) is 6.92 Å². The lowest BCUT2D eigenvalue weighted by Gasteiger charge is -2.32. The highest BCUT2D eigenvalue weighted by molar-refractivity contribution is 5.92. The van der Waals surface area contributed by atoms with Gasteiger partial charge in [0.15, 0.2) is 0 Å². The van der Waals surface area contributed by atoms with Crippen LogP contribution in [0.3, 0.4) is 0 Å². The van der Waals surface area contributed by atoms with Crippen LogP contribution in [0.15, 0.2) is 0 Å². The third-order valence-electron chi connectivity index (χ3n) is 5.48. The Bertz CT molecular complexity index is 343. The Morgan fingerprint density at radius 2 is 2.00 bits per heavy atom. The van der Waals surface area contributed by atoms with E-state index in [1.807, 2.05) is 0 Å². The van der Waals surface area contributed by atoms with E-state index in [4.69, 9.17) is 0 Å². The number of carbonyl (C=O) groups is 2. The predicted molar refractivity (Wildman–Crippen MR) is 63.0 cm³/mol. The zero-order chi connectivity index (χ0) is 12.1. The van der Waals surface area contributed by atoms with Crippen LogP contribution in [0.1, 0.15) is 53.4 Å². The molecule has 3 atom stereocenters. The standard InChI is InChI=1S/C14H22O2/c1-9(15)5-6-10-11-7-8-14(4,12(10)16)13(11,2)3/h10-11H,5-8H2,1-4H3/t10?,11-,14+/m1/s1. The fourth-order valence-electron chi connectivity index (χ4n) is 3.96. The van der Waals surface area contributed by atoms with Crippen molar-refractivity contribution in [2.45, 2.75) is 53.4 Å². The number of Topliss-reactive ketones (excluding diaryl/α,β-unsaturated/α-hetero) is 2. The number of hydrogen-bond acceptors (Lipinski definition) is 2. The van der Waals surface area contributed by atoms with Crippen molar-refractivity contribution in [2.75, 3.05) is 0 Å². The van der Waals surface area contributed by atoms with Gasteiger partial charge in [-0.3, -0.25) is 4.79 Å². The smallest absolute Gasteiger partial charge is 0.142 e. The summed E-state index contributed by atoms with van der Waals surface area (Å²) in [5.41, 5.74) is 0.00462. The SMILES string of the molecule is CC(=O)CCC1C(=O)[C@]2(C)CC[C@H]1C2(C)C. The summed E-state index contributed by atoms with van der Waals surface area (Å²) in [7, 11) is 0. The molecule has 1 unspecified atom stereocenters. The molecule has 2 fully saturated rings. The molecule has 0 heterocycles. The van der Waals surface area contributed by atoms with Crippen molar-refractivity contribution in [3.63, 3.8) is 0 Å². The predicted octanol–water partition coefficient (Wildman–Crippen LogP) is 3.00. The number of carbonyl (C=O) groups excluding carboxylic acids is 2. The van der Waals surface area contributed by atoms with Crippen LogP contribution in [-0.2, 0) is 9.59 Å². The van der Waals surface area contributed by atoms with Gasteiger partial charge in [0.25, 0.3) is 0 Å². The Morgan fingerprint density at radius 3 is 2.44 bits per heavy atom. The summed E-state index contributed by atoms with van der Waals surface area (Å²) in [6, 6.07) is 0. The van der Waals surface area contributed by atoms with Crippen LogP contribution in [0.5, 0.6) is 0 Å². The Balaban J connectivity index is 2.20. The normalized spacial score (nSPS) is 40.4. The Hall–Kier alpha value is -0.660. The molecule has 2 heteroatoms. The molecule has 2 nitrogen and oxygen atoms in total. The van der Waals surface area contributed by atoms with Gasteiger partial charge in [0.1, 0.15) is 11.6 Å². The Kier molecular flexibility index (Phi) is 2.52. The van der Waals surface area contributed by atoms with Gasteiger partial charge in [0.05, 0.1) is 0 Å². The summed E-state index contributed by atoms with van der Waals surface area (Å²) in [5.74, 6) is 1.29. The fraction of sp³-hybridized carbons (Fsp3) is 0.857. The molecule has 0 saturated heterocycles. The summed E-state index contributed by atoms with van der Waals surface area (Å²) in [4.78, 5) is 23.4. The van der Waals surface area contributed by atoms with Gasteiger partial charge in [-0.2, -0.15) is 0 Å². The zero-order valence-electron chi connectivity index (χ0n) is 10.8. The van der Waals surface area contributed by atoms with Crippen LogP contribution in [0.25, 0.3) is 0 Å². The molecule has 90 valence electrons. The lowest BCUT2D eigenvalue weighted by Crippen LogP contribution is -2.33. The molecule has 0 aromatic heterocycles. The molecule has 0 radical (unpaired) electrons. The molecule has 0 aliphatic heterocycles. The van der Waals surface area contributed by atoms with Crippen molar-refractivity contribution in [1.29, 1.82) is 0 Å². The molecule has 0 aromatic rings. The Labute approximate surface area is 97.8 Å². The topological polar surface area (TPSA) is 34.1 Å². The third-order valence-corrected chi connectivity index (χ3v) is 5.48. The van der Waals surface area contributed by atoms with E-state index < -0.39 is 0 Å². The molecule has 2 aliphatic rings. The van der Waals surface area contributed by atoms with Crippen LogP contribution in [0.2, 0.25) is 0 Å². The van der Waals surface area contributed by atoms with Gasteiger partial charge in [-0.1, -0.05) is 20.8 Å². The maximum atomic E-state index is 12.4.